The zero-order valence-electron chi connectivity index (χ0n) is 16.0. The Morgan fingerprint density at radius 1 is 1.29 bits per heavy atom. The summed E-state index contributed by atoms with van der Waals surface area (Å²) in [5.41, 5.74) is 0.883. The van der Waals surface area contributed by atoms with Crippen molar-refractivity contribution in [2.45, 2.75) is 31.1 Å². The number of carbonyl (C=O) groups is 1. The average molecular weight is 426 g/mol. The van der Waals surface area contributed by atoms with Crippen molar-refractivity contribution in [3.63, 3.8) is 0 Å². The van der Waals surface area contributed by atoms with Crippen LogP contribution in [0.2, 0.25) is 0 Å². The van der Waals surface area contributed by atoms with Gasteiger partial charge in [-0.15, -0.1) is 11.3 Å². The molecule has 0 aliphatic carbocycles. The minimum Gasteiger partial charge on any atom is -0.490 e. The Bertz CT molecular complexity index is 956. The summed E-state index contributed by atoms with van der Waals surface area (Å²) in [5, 5.41) is 4.97. The van der Waals surface area contributed by atoms with Gasteiger partial charge in [-0.05, 0) is 18.1 Å². The van der Waals surface area contributed by atoms with E-state index in [0.29, 0.717) is 29.8 Å². The number of likely N-dealkylation sites (N-methyl/N-ethyl adjacent to an activating group) is 1. The molecule has 0 atom stereocenters. The van der Waals surface area contributed by atoms with E-state index < -0.39 is 15.9 Å². The number of hydrogen-bond donors (Lipinski definition) is 1. The Labute approximate surface area is 168 Å². The fraction of sp³-hybridized carbons (Fsp3) is 0.444. The highest BCUT2D eigenvalue weighted by Crippen LogP contribution is 2.32. The van der Waals surface area contributed by atoms with Crippen LogP contribution in [0.1, 0.15) is 31.9 Å². The third kappa shape index (κ3) is 4.62. The van der Waals surface area contributed by atoms with Crippen molar-refractivity contribution in [2.24, 2.45) is 0 Å². The monoisotopic (exact) mass is 425 g/mol. The number of anilines is 1. The van der Waals surface area contributed by atoms with Gasteiger partial charge in [0.05, 0.1) is 30.3 Å². The van der Waals surface area contributed by atoms with E-state index >= 15 is 0 Å². The van der Waals surface area contributed by atoms with E-state index in [0.717, 1.165) is 16.4 Å². The molecular formula is C18H23N3O5S2. The van der Waals surface area contributed by atoms with Crippen LogP contribution in [-0.4, -0.2) is 50.4 Å². The SMILES string of the molecule is CC(C)c1csc(NC(=O)CN(C)S(=O)(=O)c2ccc3c(c2)OCCCO3)n1. The fourth-order valence-corrected chi connectivity index (χ4v) is 4.57. The molecule has 0 saturated carbocycles. The molecule has 8 nitrogen and oxygen atoms in total. The predicted molar refractivity (Wildman–Crippen MR) is 107 cm³/mol. The molecule has 1 aromatic carbocycles. The molecule has 1 N–H and O–H groups in total. The van der Waals surface area contributed by atoms with Gasteiger partial charge in [0, 0.05) is 24.9 Å². The highest BCUT2D eigenvalue weighted by Gasteiger charge is 2.25. The number of ether oxygens (including phenoxy) is 2. The lowest BCUT2D eigenvalue weighted by atomic mass is 10.2. The first-order valence-electron chi connectivity index (χ1n) is 8.88. The van der Waals surface area contributed by atoms with Gasteiger partial charge in [0.2, 0.25) is 15.9 Å². The average Bonchev–Trinajstić information content (AvgIpc) is 2.97. The van der Waals surface area contributed by atoms with Crippen molar-refractivity contribution in [1.29, 1.82) is 0 Å². The molecule has 152 valence electrons. The summed E-state index contributed by atoms with van der Waals surface area (Å²) in [4.78, 5) is 16.6. The van der Waals surface area contributed by atoms with Crippen LogP contribution in [0.15, 0.2) is 28.5 Å². The molecule has 10 heteroatoms. The van der Waals surface area contributed by atoms with Crippen LogP contribution < -0.4 is 14.8 Å². The van der Waals surface area contributed by atoms with Crippen molar-refractivity contribution in [1.82, 2.24) is 9.29 Å². The number of rotatable bonds is 6. The first kappa shape index (κ1) is 20.6. The molecule has 0 spiro atoms. The van der Waals surface area contributed by atoms with Crippen LogP contribution in [0.4, 0.5) is 5.13 Å². The van der Waals surface area contributed by atoms with E-state index in [9.17, 15) is 13.2 Å². The minimum atomic E-state index is -3.86. The zero-order valence-corrected chi connectivity index (χ0v) is 17.6. The molecule has 0 bridgehead atoms. The summed E-state index contributed by atoms with van der Waals surface area (Å²) in [7, 11) is -2.50. The predicted octanol–water partition coefficient (Wildman–Crippen LogP) is 2.69. The maximum atomic E-state index is 12.8. The Morgan fingerprint density at radius 3 is 2.68 bits per heavy atom. The van der Waals surface area contributed by atoms with Crippen LogP contribution in [-0.2, 0) is 14.8 Å². The highest BCUT2D eigenvalue weighted by molar-refractivity contribution is 7.89. The molecule has 2 aromatic rings. The largest absolute Gasteiger partial charge is 0.490 e. The lowest BCUT2D eigenvalue weighted by molar-refractivity contribution is -0.116. The van der Waals surface area contributed by atoms with E-state index in [1.807, 2.05) is 19.2 Å². The van der Waals surface area contributed by atoms with Crippen molar-refractivity contribution in [2.75, 3.05) is 32.1 Å². The summed E-state index contributed by atoms with van der Waals surface area (Å²) in [6.45, 7) is 4.68. The first-order valence-corrected chi connectivity index (χ1v) is 11.2. The summed E-state index contributed by atoms with van der Waals surface area (Å²) >= 11 is 1.31. The lowest BCUT2D eigenvalue weighted by Crippen LogP contribution is -2.35. The number of sulfonamides is 1. The number of carbonyl (C=O) groups excluding carboxylic acids is 1. The number of fused-ring (bicyclic) bond motifs is 1. The lowest BCUT2D eigenvalue weighted by Gasteiger charge is -2.17. The van der Waals surface area contributed by atoms with Crippen molar-refractivity contribution in [3.8, 4) is 11.5 Å². The summed E-state index contributed by atoms with van der Waals surface area (Å²) in [6, 6.07) is 4.46. The van der Waals surface area contributed by atoms with Gasteiger partial charge in [0.25, 0.3) is 0 Å². The number of aromatic nitrogens is 1. The molecule has 1 amide bonds. The van der Waals surface area contributed by atoms with E-state index in [-0.39, 0.29) is 17.4 Å². The third-order valence-corrected chi connectivity index (χ3v) is 6.73. The quantitative estimate of drug-likeness (QED) is 0.764. The second-order valence-electron chi connectivity index (χ2n) is 6.70. The van der Waals surface area contributed by atoms with Crippen molar-refractivity contribution < 1.29 is 22.7 Å². The number of nitrogens with zero attached hydrogens (tertiary/aromatic N) is 2. The molecule has 28 heavy (non-hydrogen) atoms. The van der Waals surface area contributed by atoms with Gasteiger partial charge in [-0.3, -0.25) is 4.79 Å². The Kier molecular flexibility index (Phi) is 6.21. The molecule has 0 saturated heterocycles. The summed E-state index contributed by atoms with van der Waals surface area (Å²) in [5.74, 6) is 0.705. The fourth-order valence-electron chi connectivity index (χ4n) is 2.54. The molecule has 1 aliphatic heterocycles. The number of nitrogens with one attached hydrogen (secondary N) is 1. The molecule has 0 unspecified atom stereocenters. The van der Waals surface area contributed by atoms with E-state index in [4.69, 9.17) is 9.47 Å². The van der Waals surface area contributed by atoms with Crippen LogP contribution in [0.5, 0.6) is 11.5 Å². The maximum Gasteiger partial charge on any atom is 0.243 e. The molecule has 0 radical (unpaired) electrons. The van der Waals surface area contributed by atoms with Crippen LogP contribution in [0, 0.1) is 0 Å². The maximum absolute atomic E-state index is 12.8. The topological polar surface area (TPSA) is 97.8 Å². The molecular weight excluding hydrogens is 402 g/mol. The van der Waals surface area contributed by atoms with Crippen molar-refractivity contribution >= 4 is 32.4 Å². The number of benzene rings is 1. The summed E-state index contributed by atoms with van der Waals surface area (Å²) < 4.78 is 37.7. The molecule has 1 aromatic heterocycles. The number of thiazole rings is 1. The number of amides is 1. The van der Waals surface area contributed by atoms with Gasteiger partial charge in [0.1, 0.15) is 0 Å². The molecule has 2 heterocycles. The van der Waals surface area contributed by atoms with Crippen LogP contribution >= 0.6 is 11.3 Å². The first-order chi connectivity index (χ1) is 13.3. The van der Waals surface area contributed by atoms with Crippen LogP contribution in [0.25, 0.3) is 0 Å². The normalized spacial score (nSPS) is 14.2. The zero-order chi connectivity index (χ0) is 20.3. The smallest absolute Gasteiger partial charge is 0.243 e. The van der Waals surface area contributed by atoms with Gasteiger partial charge in [-0.2, -0.15) is 4.31 Å². The number of hydrogen-bond acceptors (Lipinski definition) is 7. The van der Waals surface area contributed by atoms with Gasteiger partial charge >= 0.3 is 0 Å². The van der Waals surface area contributed by atoms with E-state index in [2.05, 4.69) is 10.3 Å². The van der Waals surface area contributed by atoms with Gasteiger partial charge < -0.3 is 14.8 Å². The summed E-state index contributed by atoms with van der Waals surface area (Å²) in [6.07, 6.45) is 0.728. The highest BCUT2D eigenvalue weighted by atomic mass is 32.2. The second kappa shape index (κ2) is 8.46. The van der Waals surface area contributed by atoms with E-state index in [1.165, 1.54) is 30.5 Å². The Balaban J connectivity index is 1.69. The third-order valence-electron chi connectivity index (χ3n) is 4.15. The molecule has 3 rings (SSSR count). The van der Waals surface area contributed by atoms with E-state index in [1.54, 1.807) is 6.07 Å². The Hall–Kier alpha value is -2.17. The Morgan fingerprint density at radius 2 is 2.00 bits per heavy atom. The van der Waals surface area contributed by atoms with Gasteiger partial charge in [-0.1, -0.05) is 13.8 Å². The van der Waals surface area contributed by atoms with Crippen molar-refractivity contribution in [3.05, 3.63) is 29.3 Å². The second-order valence-corrected chi connectivity index (χ2v) is 9.60. The standard InChI is InChI=1S/C18H23N3O5S2/c1-12(2)14-11-27-18(19-14)20-17(22)10-21(3)28(23,24)13-5-6-15-16(9-13)26-8-4-7-25-15/h5-6,9,11-12H,4,7-8,10H2,1-3H3,(H,19,20,22). The van der Waals surface area contributed by atoms with Gasteiger partial charge in [-0.25, -0.2) is 13.4 Å². The van der Waals surface area contributed by atoms with Gasteiger partial charge in [0.15, 0.2) is 16.6 Å². The van der Waals surface area contributed by atoms with Crippen LogP contribution in [0.3, 0.4) is 0 Å². The minimum absolute atomic E-state index is 0.0448. The molecule has 0 fully saturated rings. The molecule has 1 aliphatic rings.